The molecular formula is C12H14FeO2. The Morgan fingerprint density at radius 1 is 0.667 bits per heavy atom. The summed E-state index contributed by atoms with van der Waals surface area (Å²) in [7, 11) is 3.32. The van der Waals surface area contributed by atoms with Crippen molar-refractivity contribution >= 4 is 0 Å². The fourth-order valence-corrected chi connectivity index (χ4v) is 0.985. The van der Waals surface area contributed by atoms with Gasteiger partial charge in [0.1, 0.15) is 0 Å². The van der Waals surface area contributed by atoms with E-state index >= 15 is 0 Å². The zero-order chi connectivity index (χ0) is 10.2. The van der Waals surface area contributed by atoms with Gasteiger partial charge in [-0.15, -0.1) is 24.3 Å². The topological polar surface area (TPSA) is 18.5 Å². The Hall–Kier alpha value is -1.18. The summed E-state index contributed by atoms with van der Waals surface area (Å²) in [5.41, 5.74) is 0. The van der Waals surface area contributed by atoms with Crippen molar-refractivity contribution in [2.75, 3.05) is 14.2 Å². The van der Waals surface area contributed by atoms with E-state index in [2.05, 4.69) is 0 Å². The minimum atomic E-state index is 0. The summed E-state index contributed by atoms with van der Waals surface area (Å²) in [6.45, 7) is 0. The van der Waals surface area contributed by atoms with Gasteiger partial charge in [-0.25, -0.2) is 24.3 Å². The van der Waals surface area contributed by atoms with Crippen LogP contribution < -0.4 is 9.47 Å². The largest absolute Gasteiger partial charge is 2.00 e. The molecule has 2 rings (SSSR count). The molecule has 0 aliphatic rings. The van der Waals surface area contributed by atoms with Gasteiger partial charge in [-0.1, -0.05) is 0 Å². The third kappa shape index (κ3) is 5.30. The molecule has 0 aliphatic carbocycles. The molecule has 0 fully saturated rings. The van der Waals surface area contributed by atoms with E-state index in [-0.39, 0.29) is 17.1 Å². The zero-order valence-electron chi connectivity index (χ0n) is 8.79. The molecule has 0 aliphatic heterocycles. The fraction of sp³-hybridized carbons (Fsp3) is 0.167. The van der Waals surface area contributed by atoms with Crippen LogP contribution in [-0.2, 0) is 17.1 Å². The van der Waals surface area contributed by atoms with E-state index < -0.39 is 0 Å². The third-order valence-corrected chi connectivity index (χ3v) is 1.74. The van der Waals surface area contributed by atoms with Crippen LogP contribution in [-0.4, -0.2) is 14.2 Å². The van der Waals surface area contributed by atoms with Crippen LogP contribution in [0.25, 0.3) is 0 Å². The average molecular weight is 246 g/mol. The fourth-order valence-electron chi connectivity index (χ4n) is 0.985. The van der Waals surface area contributed by atoms with Crippen molar-refractivity contribution in [3.8, 4) is 11.5 Å². The average Bonchev–Trinajstić information content (AvgIpc) is 2.92. The predicted octanol–water partition coefficient (Wildman–Crippen LogP) is 2.83. The number of hydrogen-bond acceptors (Lipinski definition) is 2. The molecule has 0 unspecified atom stereocenters. The molecule has 2 aromatic rings. The Balaban J connectivity index is 0.000000245. The Bertz CT molecular complexity index is 277. The quantitative estimate of drug-likeness (QED) is 0.599. The van der Waals surface area contributed by atoms with Crippen LogP contribution in [0.1, 0.15) is 0 Å². The first-order valence-corrected chi connectivity index (χ1v) is 4.38. The minimum Gasteiger partial charge on any atom is -0.554 e. The van der Waals surface area contributed by atoms with Crippen molar-refractivity contribution in [2.45, 2.75) is 0 Å². The van der Waals surface area contributed by atoms with Gasteiger partial charge in [0.15, 0.2) is 0 Å². The van der Waals surface area contributed by atoms with E-state index in [0.29, 0.717) is 0 Å². The molecule has 0 N–H and O–H groups in total. The van der Waals surface area contributed by atoms with Crippen molar-refractivity contribution in [3.63, 3.8) is 0 Å². The molecule has 0 radical (unpaired) electrons. The maximum absolute atomic E-state index is 4.85. The molecule has 0 saturated heterocycles. The normalized spacial score (nSPS) is 8.13. The van der Waals surface area contributed by atoms with Gasteiger partial charge in [-0.05, 0) is 0 Å². The first kappa shape index (κ1) is 13.8. The summed E-state index contributed by atoms with van der Waals surface area (Å²) in [6, 6.07) is 15.4. The molecule has 15 heavy (non-hydrogen) atoms. The van der Waals surface area contributed by atoms with Gasteiger partial charge in [-0.2, -0.15) is 0 Å². The van der Waals surface area contributed by atoms with Crippen molar-refractivity contribution < 1.29 is 26.5 Å². The van der Waals surface area contributed by atoms with Gasteiger partial charge < -0.3 is 9.47 Å². The van der Waals surface area contributed by atoms with Crippen LogP contribution in [0.15, 0.2) is 48.5 Å². The Kier molecular flexibility index (Phi) is 7.51. The van der Waals surface area contributed by atoms with Crippen LogP contribution in [0.3, 0.4) is 0 Å². The SMILES string of the molecule is CO[c-]1cccc1.CO[c-]1cccc1.[Fe+2]. The summed E-state index contributed by atoms with van der Waals surface area (Å²) in [4.78, 5) is 0. The van der Waals surface area contributed by atoms with Gasteiger partial charge in [0, 0.05) is 11.5 Å². The molecule has 82 valence electrons. The second-order valence-corrected chi connectivity index (χ2v) is 2.65. The first-order valence-electron chi connectivity index (χ1n) is 4.38. The van der Waals surface area contributed by atoms with Crippen LogP contribution in [0, 0.1) is 0 Å². The van der Waals surface area contributed by atoms with Gasteiger partial charge in [0.05, 0.1) is 14.2 Å². The summed E-state index contributed by atoms with van der Waals surface area (Å²) >= 11 is 0. The van der Waals surface area contributed by atoms with Crippen molar-refractivity contribution in [1.82, 2.24) is 0 Å². The second-order valence-electron chi connectivity index (χ2n) is 2.65. The molecular weight excluding hydrogens is 232 g/mol. The van der Waals surface area contributed by atoms with E-state index in [0.717, 1.165) is 11.5 Å². The van der Waals surface area contributed by atoms with Gasteiger partial charge in [0.2, 0.25) is 0 Å². The molecule has 0 amide bonds. The van der Waals surface area contributed by atoms with E-state index in [1.807, 2.05) is 48.5 Å². The molecule has 0 heterocycles. The summed E-state index contributed by atoms with van der Waals surface area (Å²) in [5, 5.41) is 0. The van der Waals surface area contributed by atoms with Crippen molar-refractivity contribution in [2.24, 2.45) is 0 Å². The van der Waals surface area contributed by atoms with Gasteiger partial charge in [0.25, 0.3) is 0 Å². The van der Waals surface area contributed by atoms with Crippen molar-refractivity contribution in [3.05, 3.63) is 48.5 Å². The van der Waals surface area contributed by atoms with E-state index in [9.17, 15) is 0 Å². The van der Waals surface area contributed by atoms with Gasteiger partial charge in [-0.3, -0.25) is 0 Å². The van der Waals surface area contributed by atoms with Crippen LogP contribution in [0.2, 0.25) is 0 Å². The maximum Gasteiger partial charge on any atom is 2.00 e. The summed E-state index contributed by atoms with van der Waals surface area (Å²) in [5.74, 6) is 1.86. The number of ether oxygens (including phenoxy) is 2. The maximum atomic E-state index is 4.85. The first-order chi connectivity index (χ1) is 6.86. The van der Waals surface area contributed by atoms with Crippen LogP contribution in [0.5, 0.6) is 11.5 Å². The molecule has 0 spiro atoms. The van der Waals surface area contributed by atoms with Crippen LogP contribution in [0.4, 0.5) is 0 Å². The number of rotatable bonds is 2. The summed E-state index contributed by atoms with van der Waals surface area (Å²) in [6.07, 6.45) is 0. The monoisotopic (exact) mass is 246 g/mol. The van der Waals surface area contributed by atoms with Crippen LogP contribution >= 0.6 is 0 Å². The molecule has 2 nitrogen and oxygen atoms in total. The van der Waals surface area contributed by atoms with E-state index in [1.165, 1.54) is 0 Å². The molecule has 2 aromatic carbocycles. The minimum absolute atomic E-state index is 0. The zero-order valence-corrected chi connectivity index (χ0v) is 9.89. The Morgan fingerprint density at radius 3 is 1.07 bits per heavy atom. The van der Waals surface area contributed by atoms with Gasteiger partial charge >= 0.3 is 17.1 Å². The number of methoxy groups -OCH3 is 2. The smallest absolute Gasteiger partial charge is 0.554 e. The predicted molar refractivity (Wildman–Crippen MR) is 57.2 cm³/mol. The van der Waals surface area contributed by atoms with E-state index in [4.69, 9.17) is 9.47 Å². The Labute approximate surface area is 101 Å². The molecule has 0 saturated carbocycles. The molecule has 0 atom stereocenters. The molecule has 0 bridgehead atoms. The second kappa shape index (κ2) is 8.15. The van der Waals surface area contributed by atoms with Crippen molar-refractivity contribution in [1.29, 1.82) is 0 Å². The molecule has 3 heteroatoms. The molecule has 0 aromatic heterocycles. The Morgan fingerprint density at radius 2 is 0.933 bits per heavy atom. The van der Waals surface area contributed by atoms with E-state index in [1.54, 1.807) is 14.2 Å². The number of hydrogen-bond donors (Lipinski definition) is 0. The standard InChI is InChI=1S/2C6H7O.Fe/c2*1-7-6-4-2-3-5-6;/h2*2-5H,1H3;/q2*-1;+2. The summed E-state index contributed by atoms with van der Waals surface area (Å²) < 4.78 is 9.71. The third-order valence-electron chi connectivity index (χ3n) is 1.74.